The highest BCUT2D eigenvalue weighted by atomic mass is 79.9. The Morgan fingerprint density at radius 2 is 1.74 bits per heavy atom. The third-order valence-corrected chi connectivity index (χ3v) is 8.77. The molecule has 42 heavy (non-hydrogen) atoms. The molecule has 10 heteroatoms. The van der Waals surface area contributed by atoms with Crippen LogP contribution in [0.15, 0.2) is 76.3 Å². The summed E-state index contributed by atoms with van der Waals surface area (Å²) < 4.78 is 4.21. The van der Waals surface area contributed by atoms with E-state index in [4.69, 9.17) is 0 Å². The molecule has 1 aliphatic carbocycles. The predicted molar refractivity (Wildman–Crippen MR) is 165 cm³/mol. The number of carbonyl (C=O) groups excluding carboxylic acids is 2. The molecular formula is C32H33BrN6O3. The van der Waals surface area contributed by atoms with Gasteiger partial charge in [0.05, 0.1) is 12.2 Å². The summed E-state index contributed by atoms with van der Waals surface area (Å²) in [6, 6.07) is 16.7. The molecule has 216 valence electrons. The van der Waals surface area contributed by atoms with Gasteiger partial charge in [-0.1, -0.05) is 35.5 Å². The molecule has 6 rings (SSSR count). The van der Waals surface area contributed by atoms with Gasteiger partial charge in [-0.2, -0.15) is 0 Å². The molecule has 0 spiro atoms. The van der Waals surface area contributed by atoms with E-state index >= 15 is 0 Å². The Morgan fingerprint density at radius 1 is 0.976 bits per heavy atom. The first-order valence-electron chi connectivity index (χ1n) is 14.2. The van der Waals surface area contributed by atoms with Crippen LogP contribution in [0.1, 0.15) is 77.9 Å². The number of benzene rings is 2. The number of anilines is 1. The van der Waals surface area contributed by atoms with Gasteiger partial charge in [0, 0.05) is 45.6 Å². The first kappa shape index (κ1) is 28.1. The molecule has 2 amide bonds. The summed E-state index contributed by atoms with van der Waals surface area (Å²) in [5, 5.41) is 11.8. The fraction of sp³-hybridized carbons (Fsp3) is 0.344. The van der Waals surface area contributed by atoms with Crippen molar-refractivity contribution in [1.82, 2.24) is 24.5 Å². The molecule has 1 N–H and O–H groups in total. The molecule has 1 aliphatic heterocycles. The van der Waals surface area contributed by atoms with Crippen molar-refractivity contribution in [2.45, 2.75) is 64.1 Å². The van der Waals surface area contributed by atoms with E-state index in [0.717, 1.165) is 47.0 Å². The number of rotatable bonds is 6. The SMILES string of the molecule is Cc1ccc(-c2cn(C3CCC(C)(C)N(C(=O)c4cc(Br)cn(C5CC5)c4=O)C3)nn2)cc1C(=O)Nc1ccccc1. The molecule has 2 fully saturated rings. The minimum absolute atomic E-state index is 0.104. The van der Waals surface area contributed by atoms with Crippen LogP contribution in [0.25, 0.3) is 11.3 Å². The van der Waals surface area contributed by atoms with Crippen LogP contribution in [0.2, 0.25) is 0 Å². The van der Waals surface area contributed by atoms with Gasteiger partial charge in [0.2, 0.25) is 0 Å². The normalized spacial score (nSPS) is 18.1. The molecule has 2 aromatic heterocycles. The second-order valence-electron chi connectivity index (χ2n) is 11.9. The van der Waals surface area contributed by atoms with E-state index in [1.807, 2.05) is 75.5 Å². The van der Waals surface area contributed by atoms with Gasteiger partial charge in [0.1, 0.15) is 11.3 Å². The van der Waals surface area contributed by atoms with E-state index in [1.165, 1.54) is 0 Å². The van der Waals surface area contributed by atoms with Crippen LogP contribution in [0.5, 0.6) is 0 Å². The van der Waals surface area contributed by atoms with Crippen molar-refractivity contribution in [1.29, 1.82) is 0 Å². The van der Waals surface area contributed by atoms with E-state index in [1.54, 1.807) is 26.4 Å². The maximum Gasteiger partial charge on any atom is 0.263 e. The Bertz CT molecular complexity index is 1720. The maximum absolute atomic E-state index is 13.9. The summed E-state index contributed by atoms with van der Waals surface area (Å²) in [5.41, 5.74) is 3.10. The first-order chi connectivity index (χ1) is 20.1. The van der Waals surface area contributed by atoms with Crippen molar-refractivity contribution in [2.24, 2.45) is 0 Å². The molecule has 9 nitrogen and oxygen atoms in total. The number of amides is 2. The molecule has 2 aliphatic rings. The van der Waals surface area contributed by atoms with Gasteiger partial charge in [0.15, 0.2) is 0 Å². The number of aryl methyl sites for hydroxylation is 1. The molecule has 1 atom stereocenters. The number of hydrogen-bond acceptors (Lipinski definition) is 5. The highest BCUT2D eigenvalue weighted by Crippen LogP contribution is 2.36. The first-order valence-corrected chi connectivity index (χ1v) is 15.0. The number of para-hydroxylation sites is 1. The van der Waals surface area contributed by atoms with Gasteiger partial charge in [0.25, 0.3) is 17.4 Å². The van der Waals surface area contributed by atoms with E-state index in [9.17, 15) is 14.4 Å². The molecule has 1 saturated carbocycles. The lowest BCUT2D eigenvalue weighted by atomic mass is 9.87. The summed E-state index contributed by atoms with van der Waals surface area (Å²) in [4.78, 5) is 42.0. The van der Waals surface area contributed by atoms with Gasteiger partial charge in [-0.3, -0.25) is 14.4 Å². The lowest BCUT2D eigenvalue weighted by Crippen LogP contribution is -2.54. The van der Waals surface area contributed by atoms with Crippen molar-refractivity contribution in [3.8, 4) is 11.3 Å². The largest absolute Gasteiger partial charge is 0.331 e. The zero-order valence-electron chi connectivity index (χ0n) is 23.9. The summed E-state index contributed by atoms with van der Waals surface area (Å²) in [6.07, 6.45) is 7.11. The molecular weight excluding hydrogens is 596 g/mol. The van der Waals surface area contributed by atoms with Crippen molar-refractivity contribution < 1.29 is 9.59 Å². The summed E-state index contributed by atoms with van der Waals surface area (Å²) in [6.45, 7) is 6.39. The number of halogens is 1. The Kier molecular flexibility index (Phi) is 7.34. The van der Waals surface area contributed by atoms with Gasteiger partial charge < -0.3 is 14.8 Å². The number of nitrogens with zero attached hydrogens (tertiary/aromatic N) is 5. The molecule has 2 aromatic carbocycles. The Labute approximate surface area is 252 Å². The van der Waals surface area contributed by atoms with Gasteiger partial charge in [-0.05, 0) is 92.2 Å². The van der Waals surface area contributed by atoms with Crippen LogP contribution in [0, 0.1) is 6.92 Å². The van der Waals surface area contributed by atoms with Gasteiger partial charge in [-0.25, -0.2) is 4.68 Å². The Balaban J connectivity index is 1.23. The lowest BCUT2D eigenvalue weighted by molar-refractivity contribution is 0.0306. The van der Waals surface area contributed by atoms with Crippen molar-refractivity contribution in [3.05, 3.63) is 98.5 Å². The van der Waals surface area contributed by atoms with Crippen LogP contribution in [0.4, 0.5) is 5.69 Å². The van der Waals surface area contributed by atoms with Crippen molar-refractivity contribution in [3.63, 3.8) is 0 Å². The minimum Gasteiger partial charge on any atom is -0.331 e. The van der Waals surface area contributed by atoms with Crippen LogP contribution < -0.4 is 10.9 Å². The fourth-order valence-corrected chi connectivity index (χ4v) is 6.05. The Hall–Kier alpha value is -4.05. The number of hydrogen-bond donors (Lipinski definition) is 1. The third kappa shape index (κ3) is 5.55. The maximum atomic E-state index is 13.9. The van der Waals surface area contributed by atoms with E-state index < -0.39 is 5.54 Å². The zero-order valence-corrected chi connectivity index (χ0v) is 25.5. The average molecular weight is 630 g/mol. The highest BCUT2D eigenvalue weighted by molar-refractivity contribution is 9.10. The van der Waals surface area contributed by atoms with E-state index in [2.05, 4.69) is 31.6 Å². The topological polar surface area (TPSA) is 102 Å². The number of likely N-dealkylation sites (tertiary alicyclic amines) is 1. The smallest absolute Gasteiger partial charge is 0.263 e. The van der Waals surface area contributed by atoms with Crippen LogP contribution >= 0.6 is 15.9 Å². The predicted octanol–water partition coefficient (Wildman–Crippen LogP) is 6.02. The van der Waals surface area contributed by atoms with Crippen LogP contribution in [-0.2, 0) is 0 Å². The molecule has 3 heterocycles. The monoisotopic (exact) mass is 628 g/mol. The summed E-state index contributed by atoms with van der Waals surface area (Å²) in [7, 11) is 0. The molecule has 0 radical (unpaired) electrons. The van der Waals surface area contributed by atoms with E-state index in [-0.39, 0.29) is 35.0 Å². The van der Waals surface area contributed by atoms with Crippen molar-refractivity contribution in [2.75, 3.05) is 11.9 Å². The third-order valence-electron chi connectivity index (χ3n) is 8.33. The fourth-order valence-electron chi connectivity index (χ4n) is 5.60. The minimum atomic E-state index is -0.422. The van der Waals surface area contributed by atoms with Crippen molar-refractivity contribution >= 4 is 33.4 Å². The molecule has 4 aromatic rings. The average Bonchev–Trinajstić information content (AvgIpc) is 3.70. The molecule has 0 bridgehead atoms. The number of piperidine rings is 1. The molecule has 1 unspecified atom stereocenters. The number of carbonyl (C=O) groups is 2. The standard InChI is InChI=1S/C32H33BrN6O3/c1-20-9-10-21(15-26(20)29(40)34-23-7-5-4-6-8-23)28-19-39(36-35-28)25-13-14-32(2,3)38(18-25)31(42)27-16-22(33)17-37(30(27)41)24-11-12-24/h4-10,15-17,19,24-25H,11-14,18H2,1-3H3,(H,34,40). The van der Waals surface area contributed by atoms with Gasteiger partial charge >= 0.3 is 0 Å². The second kappa shape index (κ2) is 11.0. The zero-order chi connectivity index (χ0) is 29.6. The van der Waals surface area contributed by atoms with Crippen LogP contribution in [0.3, 0.4) is 0 Å². The lowest BCUT2D eigenvalue weighted by Gasteiger charge is -2.45. The number of nitrogens with one attached hydrogen (secondary N) is 1. The quantitative estimate of drug-likeness (QED) is 0.281. The highest BCUT2D eigenvalue weighted by Gasteiger charge is 2.40. The van der Waals surface area contributed by atoms with E-state index in [0.29, 0.717) is 17.8 Å². The summed E-state index contributed by atoms with van der Waals surface area (Å²) in [5.74, 6) is -0.455. The Morgan fingerprint density at radius 3 is 2.48 bits per heavy atom. The van der Waals surface area contributed by atoms with Crippen LogP contribution in [-0.4, -0.2) is 48.4 Å². The second-order valence-corrected chi connectivity index (χ2v) is 12.8. The summed E-state index contributed by atoms with van der Waals surface area (Å²) >= 11 is 3.49. The number of aromatic nitrogens is 4. The number of pyridine rings is 1. The van der Waals surface area contributed by atoms with Gasteiger partial charge in [-0.15, -0.1) is 5.10 Å². The molecule has 1 saturated heterocycles.